The molecule has 3 N–H and O–H groups in total. The molecule has 0 spiro atoms. The maximum Gasteiger partial charge on any atom is 0.119 e. The maximum atomic E-state index is 9.87. The van der Waals surface area contributed by atoms with Crippen molar-refractivity contribution in [2.24, 2.45) is 0 Å². The Morgan fingerprint density at radius 2 is 2.00 bits per heavy atom. The summed E-state index contributed by atoms with van der Waals surface area (Å²) >= 11 is 0. The molecule has 0 heterocycles. The van der Waals surface area contributed by atoms with Crippen molar-refractivity contribution in [1.82, 2.24) is 5.32 Å². The number of rotatable bonds is 8. The molecule has 0 aliphatic heterocycles. The van der Waals surface area contributed by atoms with Gasteiger partial charge in [-0.3, -0.25) is 0 Å². The average Bonchev–Trinajstić information content (AvgIpc) is 2.36. The van der Waals surface area contributed by atoms with Gasteiger partial charge in [0.15, 0.2) is 0 Å². The molecule has 0 bridgehead atoms. The first-order valence-corrected chi connectivity index (χ1v) is 6.00. The zero-order valence-electron chi connectivity index (χ0n) is 10.2. The monoisotopic (exact) mass is 239 g/mol. The van der Waals surface area contributed by atoms with Gasteiger partial charge in [0, 0.05) is 13.2 Å². The van der Waals surface area contributed by atoms with E-state index in [2.05, 4.69) is 5.32 Å². The number of aliphatic hydroxyl groups excluding tert-OH is 2. The van der Waals surface area contributed by atoms with Gasteiger partial charge in [0.1, 0.15) is 5.75 Å². The summed E-state index contributed by atoms with van der Waals surface area (Å²) in [5, 5.41) is 21.6. The van der Waals surface area contributed by atoms with Gasteiger partial charge in [-0.2, -0.15) is 0 Å². The molecule has 0 saturated heterocycles. The van der Waals surface area contributed by atoms with Crippen LogP contribution in [-0.4, -0.2) is 36.5 Å². The van der Waals surface area contributed by atoms with Gasteiger partial charge in [-0.15, -0.1) is 0 Å². The topological polar surface area (TPSA) is 61.7 Å². The van der Waals surface area contributed by atoms with Crippen molar-refractivity contribution in [2.75, 3.05) is 26.3 Å². The maximum absolute atomic E-state index is 9.87. The van der Waals surface area contributed by atoms with Crippen LogP contribution in [0.5, 0.6) is 5.75 Å². The SMILES string of the molecule is CCOc1ccc(C(O)CNCCCO)cc1. The highest BCUT2D eigenvalue weighted by Gasteiger charge is 2.06. The fourth-order valence-corrected chi connectivity index (χ4v) is 1.51. The van der Waals surface area contributed by atoms with Crippen LogP contribution in [0.2, 0.25) is 0 Å². The number of hydrogen-bond acceptors (Lipinski definition) is 4. The van der Waals surface area contributed by atoms with Crippen LogP contribution in [0.25, 0.3) is 0 Å². The fraction of sp³-hybridized carbons (Fsp3) is 0.538. The van der Waals surface area contributed by atoms with Crippen LogP contribution < -0.4 is 10.1 Å². The molecule has 1 unspecified atom stereocenters. The first-order valence-electron chi connectivity index (χ1n) is 6.00. The van der Waals surface area contributed by atoms with Gasteiger partial charge in [-0.1, -0.05) is 12.1 Å². The number of ether oxygens (including phenoxy) is 1. The Morgan fingerprint density at radius 3 is 2.59 bits per heavy atom. The summed E-state index contributed by atoms with van der Waals surface area (Å²) in [4.78, 5) is 0. The fourth-order valence-electron chi connectivity index (χ4n) is 1.51. The van der Waals surface area contributed by atoms with Gasteiger partial charge in [0.05, 0.1) is 12.7 Å². The molecule has 0 aromatic heterocycles. The Bertz CT molecular complexity index is 300. The van der Waals surface area contributed by atoms with Crippen molar-refractivity contribution in [2.45, 2.75) is 19.4 Å². The molecule has 96 valence electrons. The van der Waals surface area contributed by atoms with Crippen molar-refractivity contribution in [3.8, 4) is 5.75 Å². The number of benzene rings is 1. The second kappa shape index (κ2) is 8.06. The van der Waals surface area contributed by atoms with Gasteiger partial charge in [0.2, 0.25) is 0 Å². The van der Waals surface area contributed by atoms with E-state index < -0.39 is 6.10 Å². The summed E-state index contributed by atoms with van der Waals surface area (Å²) in [6.45, 7) is 3.96. The second-order valence-corrected chi connectivity index (χ2v) is 3.80. The van der Waals surface area contributed by atoms with E-state index in [4.69, 9.17) is 9.84 Å². The molecule has 0 aliphatic rings. The lowest BCUT2D eigenvalue weighted by atomic mass is 10.1. The van der Waals surface area contributed by atoms with E-state index in [9.17, 15) is 5.11 Å². The van der Waals surface area contributed by atoms with Crippen molar-refractivity contribution < 1.29 is 14.9 Å². The minimum atomic E-state index is -0.524. The number of aliphatic hydroxyl groups is 2. The molecular formula is C13H21NO3. The molecule has 0 amide bonds. The minimum Gasteiger partial charge on any atom is -0.494 e. The normalized spacial score (nSPS) is 12.4. The summed E-state index contributed by atoms with van der Waals surface area (Å²) in [6.07, 6.45) is 0.181. The Kier molecular flexibility index (Phi) is 6.62. The summed E-state index contributed by atoms with van der Waals surface area (Å²) in [5.74, 6) is 0.816. The highest BCUT2D eigenvalue weighted by Crippen LogP contribution is 2.17. The molecule has 0 aliphatic carbocycles. The number of hydrogen-bond donors (Lipinski definition) is 3. The smallest absolute Gasteiger partial charge is 0.119 e. The molecule has 17 heavy (non-hydrogen) atoms. The molecule has 4 nitrogen and oxygen atoms in total. The van der Waals surface area contributed by atoms with Gasteiger partial charge >= 0.3 is 0 Å². The molecule has 4 heteroatoms. The van der Waals surface area contributed by atoms with E-state index >= 15 is 0 Å². The molecular weight excluding hydrogens is 218 g/mol. The zero-order chi connectivity index (χ0) is 12.5. The Hall–Kier alpha value is -1.10. The summed E-state index contributed by atoms with van der Waals surface area (Å²) < 4.78 is 5.33. The standard InChI is InChI=1S/C13H21NO3/c1-2-17-12-6-4-11(5-7-12)13(16)10-14-8-3-9-15/h4-7,13-16H,2-3,8-10H2,1H3. The van der Waals surface area contributed by atoms with Crippen LogP contribution in [0.15, 0.2) is 24.3 Å². The third kappa shape index (κ3) is 5.17. The van der Waals surface area contributed by atoms with Crippen LogP contribution in [0, 0.1) is 0 Å². The van der Waals surface area contributed by atoms with E-state index in [0.29, 0.717) is 26.1 Å². The third-order valence-corrected chi connectivity index (χ3v) is 2.43. The van der Waals surface area contributed by atoms with E-state index in [-0.39, 0.29) is 6.61 Å². The molecule has 1 rings (SSSR count). The van der Waals surface area contributed by atoms with Crippen LogP contribution in [0.3, 0.4) is 0 Å². The molecule has 0 saturated carbocycles. The van der Waals surface area contributed by atoms with Crippen molar-refractivity contribution in [3.63, 3.8) is 0 Å². The minimum absolute atomic E-state index is 0.173. The van der Waals surface area contributed by atoms with Gasteiger partial charge in [0.25, 0.3) is 0 Å². The molecule has 1 aromatic rings. The quantitative estimate of drug-likeness (QED) is 0.594. The van der Waals surface area contributed by atoms with E-state index in [1.165, 1.54) is 0 Å². The Morgan fingerprint density at radius 1 is 1.29 bits per heavy atom. The number of nitrogens with one attached hydrogen (secondary N) is 1. The van der Waals surface area contributed by atoms with Crippen molar-refractivity contribution in [1.29, 1.82) is 0 Å². The van der Waals surface area contributed by atoms with Gasteiger partial charge < -0.3 is 20.3 Å². The Labute approximate surface area is 102 Å². The summed E-state index contributed by atoms with van der Waals surface area (Å²) in [5.41, 5.74) is 0.866. The molecule has 0 fully saturated rings. The van der Waals surface area contributed by atoms with Gasteiger partial charge in [-0.25, -0.2) is 0 Å². The van der Waals surface area contributed by atoms with Crippen LogP contribution >= 0.6 is 0 Å². The highest BCUT2D eigenvalue weighted by molar-refractivity contribution is 5.28. The summed E-state index contributed by atoms with van der Waals surface area (Å²) in [7, 11) is 0. The lowest BCUT2D eigenvalue weighted by Crippen LogP contribution is -2.23. The Balaban J connectivity index is 2.37. The third-order valence-electron chi connectivity index (χ3n) is 2.43. The van der Waals surface area contributed by atoms with Crippen molar-refractivity contribution in [3.05, 3.63) is 29.8 Å². The van der Waals surface area contributed by atoms with E-state index in [0.717, 1.165) is 11.3 Å². The van der Waals surface area contributed by atoms with Crippen LogP contribution in [-0.2, 0) is 0 Å². The second-order valence-electron chi connectivity index (χ2n) is 3.80. The predicted octanol–water partition coefficient (Wildman–Crippen LogP) is 1.09. The highest BCUT2D eigenvalue weighted by atomic mass is 16.5. The van der Waals surface area contributed by atoms with E-state index in [1.54, 1.807) is 0 Å². The first-order chi connectivity index (χ1) is 8.27. The largest absolute Gasteiger partial charge is 0.494 e. The predicted molar refractivity (Wildman–Crippen MR) is 67.1 cm³/mol. The lowest BCUT2D eigenvalue weighted by molar-refractivity contribution is 0.173. The van der Waals surface area contributed by atoms with Gasteiger partial charge in [-0.05, 0) is 37.6 Å². The van der Waals surface area contributed by atoms with Crippen LogP contribution in [0.1, 0.15) is 25.0 Å². The zero-order valence-corrected chi connectivity index (χ0v) is 10.2. The molecule has 1 aromatic carbocycles. The van der Waals surface area contributed by atoms with Crippen molar-refractivity contribution >= 4 is 0 Å². The average molecular weight is 239 g/mol. The summed E-state index contributed by atoms with van der Waals surface area (Å²) in [6, 6.07) is 7.44. The van der Waals surface area contributed by atoms with E-state index in [1.807, 2.05) is 31.2 Å². The molecule has 0 radical (unpaired) electrons. The van der Waals surface area contributed by atoms with Crippen LogP contribution in [0.4, 0.5) is 0 Å². The molecule has 1 atom stereocenters. The first kappa shape index (κ1) is 14.0. The lowest BCUT2D eigenvalue weighted by Gasteiger charge is -2.12.